The third-order valence-electron chi connectivity index (χ3n) is 6.85. The van der Waals surface area contributed by atoms with Gasteiger partial charge in [0.15, 0.2) is 0 Å². The van der Waals surface area contributed by atoms with E-state index in [9.17, 15) is 0 Å². The Bertz CT molecular complexity index is 503. The molecule has 0 saturated carbocycles. The standard InChI is InChI=1S/C29H57N2/c1-5-7-9-11-13-15-17-19-21-23-25-30-26-27-31(28(3)4)29(30)24-22-20-18-16-14-12-10-8-6-2/h26-28H,5-25H2,1-4H3/q+1. The fourth-order valence-electron chi connectivity index (χ4n) is 4.78. The fraction of sp³-hybridized carbons (Fsp3) is 0.897. The van der Waals surface area contributed by atoms with Gasteiger partial charge in [-0.3, -0.25) is 0 Å². The molecule has 1 heterocycles. The van der Waals surface area contributed by atoms with Crippen LogP contribution in [-0.2, 0) is 13.0 Å². The van der Waals surface area contributed by atoms with Crippen molar-refractivity contribution >= 4 is 0 Å². The summed E-state index contributed by atoms with van der Waals surface area (Å²) in [4.78, 5) is 0. The normalized spacial score (nSPS) is 11.6. The molecule has 2 nitrogen and oxygen atoms in total. The molecule has 0 fully saturated rings. The largest absolute Gasteiger partial charge is 0.256 e. The van der Waals surface area contributed by atoms with E-state index >= 15 is 0 Å². The van der Waals surface area contributed by atoms with E-state index in [1.54, 1.807) is 5.82 Å². The molecule has 0 aliphatic carbocycles. The summed E-state index contributed by atoms with van der Waals surface area (Å²) >= 11 is 0. The van der Waals surface area contributed by atoms with E-state index in [1.165, 1.54) is 135 Å². The first-order valence-corrected chi connectivity index (χ1v) is 14.3. The van der Waals surface area contributed by atoms with Gasteiger partial charge in [0.2, 0.25) is 0 Å². The minimum atomic E-state index is 0.572. The fourth-order valence-corrected chi connectivity index (χ4v) is 4.78. The molecule has 182 valence electrons. The van der Waals surface area contributed by atoms with Gasteiger partial charge in [-0.05, 0) is 33.1 Å². The average molecular weight is 434 g/mol. The molecule has 0 aromatic carbocycles. The van der Waals surface area contributed by atoms with Crippen molar-refractivity contribution < 1.29 is 4.57 Å². The Kier molecular flexibility index (Phi) is 18.1. The summed E-state index contributed by atoms with van der Waals surface area (Å²) in [6, 6.07) is 0.572. The van der Waals surface area contributed by atoms with Crippen LogP contribution in [0.15, 0.2) is 12.4 Å². The number of unbranched alkanes of at least 4 members (excludes halogenated alkanes) is 17. The van der Waals surface area contributed by atoms with Crippen molar-refractivity contribution in [3.05, 3.63) is 18.2 Å². The number of nitrogens with zero attached hydrogens (tertiary/aromatic N) is 2. The maximum atomic E-state index is 2.56. The van der Waals surface area contributed by atoms with Gasteiger partial charge >= 0.3 is 0 Å². The molecule has 0 spiro atoms. The first kappa shape index (κ1) is 28.2. The Morgan fingerprint density at radius 1 is 0.613 bits per heavy atom. The first-order valence-electron chi connectivity index (χ1n) is 14.3. The van der Waals surface area contributed by atoms with Gasteiger partial charge in [-0.1, -0.05) is 117 Å². The van der Waals surface area contributed by atoms with Gasteiger partial charge in [0, 0.05) is 6.42 Å². The SMILES string of the molecule is CCCCCCCCCCCC[n+]1ccn(C(C)C)c1CCCCCCCCCCC. The van der Waals surface area contributed by atoms with Gasteiger partial charge in [0.25, 0.3) is 5.82 Å². The highest BCUT2D eigenvalue weighted by Gasteiger charge is 2.18. The Hall–Kier alpha value is -0.790. The Balaban J connectivity index is 2.20. The molecule has 0 unspecified atom stereocenters. The minimum Gasteiger partial charge on any atom is -0.234 e. The molecule has 1 rings (SSSR count). The molecule has 0 N–H and O–H groups in total. The van der Waals surface area contributed by atoms with Crippen LogP contribution in [-0.4, -0.2) is 4.57 Å². The number of hydrogen-bond acceptors (Lipinski definition) is 0. The molecular weight excluding hydrogens is 376 g/mol. The number of rotatable bonds is 22. The molecular formula is C29H57N2+. The maximum Gasteiger partial charge on any atom is 0.256 e. The quantitative estimate of drug-likeness (QED) is 0.127. The molecule has 1 aromatic rings. The molecule has 0 aliphatic heterocycles. The molecule has 31 heavy (non-hydrogen) atoms. The van der Waals surface area contributed by atoms with Crippen LogP contribution in [0.3, 0.4) is 0 Å². The zero-order chi connectivity index (χ0) is 22.6. The zero-order valence-electron chi connectivity index (χ0n) is 22.0. The van der Waals surface area contributed by atoms with E-state index in [2.05, 4.69) is 49.2 Å². The lowest BCUT2D eigenvalue weighted by molar-refractivity contribution is -0.704. The molecule has 0 atom stereocenters. The second-order valence-electron chi connectivity index (χ2n) is 10.2. The summed E-state index contributed by atoms with van der Waals surface area (Å²) in [6.07, 6.45) is 32.8. The van der Waals surface area contributed by atoms with Crippen molar-refractivity contribution in [1.82, 2.24) is 4.57 Å². The van der Waals surface area contributed by atoms with Crippen LogP contribution in [0.2, 0.25) is 0 Å². The van der Waals surface area contributed by atoms with Crippen LogP contribution in [0.1, 0.15) is 162 Å². The van der Waals surface area contributed by atoms with Crippen LogP contribution in [0.4, 0.5) is 0 Å². The lowest BCUT2D eigenvalue weighted by Crippen LogP contribution is -2.37. The summed E-state index contributed by atoms with van der Waals surface area (Å²) < 4.78 is 5.08. The van der Waals surface area contributed by atoms with Gasteiger partial charge in [-0.15, -0.1) is 0 Å². The van der Waals surface area contributed by atoms with E-state index in [4.69, 9.17) is 0 Å². The van der Waals surface area contributed by atoms with E-state index in [0.29, 0.717) is 6.04 Å². The molecule has 0 bridgehead atoms. The van der Waals surface area contributed by atoms with E-state index in [0.717, 1.165) is 0 Å². The van der Waals surface area contributed by atoms with Crippen LogP contribution in [0, 0.1) is 0 Å². The van der Waals surface area contributed by atoms with E-state index in [-0.39, 0.29) is 0 Å². The topological polar surface area (TPSA) is 8.81 Å². The predicted molar refractivity (Wildman–Crippen MR) is 138 cm³/mol. The van der Waals surface area contributed by atoms with Gasteiger partial charge in [-0.2, -0.15) is 0 Å². The summed E-state index contributed by atoms with van der Waals surface area (Å²) in [6.45, 7) is 10.5. The maximum absolute atomic E-state index is 2.56. The van der Waals surface area contributed by atoms with Crippen LogP contribution < -0.4 is 4.57 Å². The van der Waals surface area contributed by atoms with Gasteiger partial charge in [0.05, 0.1) is 12.6 Å². The van der Waals surface area contributed by atoms with Crippen molar-refractivity contribution in [2.24, 2.45) is 0 Å². The molecule has 2 heteroatoms. The van der Waals surface area contributed by atoms with Gasteiger partial charge in [0.1, 0.15) is 12.4 Å². The monoisotopic (exact) mass is 433 g/mol. The Labute approximate surface area is 196 Å². The van der Waals surface area contributed by atoms with Crippen molar-refractivity contribution in [3.63, 3.8) is 0 Å². The number of imidazole rings is 1. The van der Waals surface area contributed by atoms with E-state index in [1.807, 2.05) is 0 Å². The summed E-state index contributed by atoms with van der Waals surface area (Å²) in [7, 11) is 0. The molecule has 0 amide bonds. The molecule has 1 aromatic heterocycles. The van der Waals surface area contributed by atoms with Gasteiger partial charge in [-0.25, -0.2) is 9.13 Å². The lowest BCUT2D eigenvalue weighted by atomic mass is 10.1. The number of hydrogen-bond donors (Lipinski definition) is 0. The second-order valence-corrected chi connectivity index (χ2v) is 10.2. The molecule has 0 radical (unpaired) electrons. The van der Waals surface area contributed by atoms with Crippen molar-refractivity contribution in [2.75, 3.05) is 0 Å². The van der Waals surface area contributed by atoms with E-state index < -0.39 is 0 Å². The summed E-state index contributed by atoms with van der Waals surface area (Å²) in [5, 5.41) is 0. The summed E-state index contributed by atoms with van der Waals surface area (Å²) in [5.41, 5.74) is 0. The summed E-state index contributed by atoms with van der Waals surface area (Å²) in [5.74, 6) is 1.56. The number of aryl methyl sites for hydroxylation is 1. The smallest absolute Gasteiger partial charge is 0.234 e. The van der Waals surface area contributed by atoms with Crippen molar-refractivity contribution in [3.8, 4) is 0 Å². The Morgan fingerprint density at radius 3 is 1.48 bits per heavy atom. The first-order chi connectivity index (χ1) is 15.2. The zero-order valence-corrected chi connectivity index (χ0v) is 22.0. The van der Waals surface area contributed by atoms with Crippen LogP contribution >= 0.6 is 0 Å². The predicted octanol–water partition coefficient (Wildman–Crippen LogP) is 9.35. The van der Waals surface area contributed by atoms with Crippen molar-refractivity contribution in [2.45, 2.75) is 169 Å². The van der Waals surface area contributed by atoms with Crippen molar-refractivity contribution in [1.29, 1.82) is 0 Å². The highest BCUT2D eigenvalue weighted by molar-refractivity contribution is 4.86. The third-order valence-corrected chi connectivity index (χ3v) is 6.85. The molecule has 0 saturated heterocycles. The third kappa shape index (κ3) is 14.1. The van der Waals surface area contributed by atoms with Crippen LogP contribution in [0.25, 0.3) is 0 Å². The lowest BCUT2D eigenvalue weighted by Gasteiger charge is -2.08. The highest BCUT2D eigenvalue weighted by atomic mass is 15.2. The molecule has 0 aliphatic rings. The minimum absolute atomic E-state index is 0.572. The number of aromatic nitrogens is 2. The Morgan fingerprint density at radius 2 is 1.03 bits per heavy atom. The van der Waals surface area contributed by atoms with Crippen LogP contribution in [0.5, 0.6) is 0 Å². The highest BCUT2D eigenvalue weighted by Crippen LogP contribution is 2.14. The second kappa shape index (κ2) is 19.9. The van der Waals surface area contributed by atoms with Gasteiger partial charge < -0.3 is 0 Å². The average Bonchev–Trinajstić information content (AvgIpc) is 3.17.